The lowest BCUT2D eigenvalue weighted by atomic mass is 10.1. The van der Waals surface area contributed by atoms with Gasteiger partial charge in [0.25, 0.3) is 5.91 Å². The quantitative estimate of drug-likeness (QED) is 0.434. The van der Waals surface area contributed by atoms with Crippen LogP contribution in [0.5, 0.6) is 0 Å². The van der Waals surface area contributed by atoms with E-state index < -0.39 is 0 Å². The van der Waals surface area contributed by atoms with Crippen LogP contribution >= 0.6 is 12.2 Å². The van der Waals surface area contributed by atoms with Crippen LogP contribution in [0.2, 0.25) is 0 Å². The first kappa shape index (κ1) is 20.5. The molecule has 0 aliphatic heterocycles. The van der Waals surface area contributed by atoms with Gasteiger partial charge in [-0.25, -0.2) is 0 Å². The Morgan fingerprint density at radius 2 is 1.52 bits per heavy atom. The third kappa shape index (κ3) is 7.16. The third-order valence-corrected chi connectivity index (χ3v) is 4.03. The summed E-state index contributed by atoms with van der Waals surface area (Å²) in [4.78, 5) is 23.9. The molecule has 0 saturated carbocycles. The van der Waals surface area contributed by atoms with Crippen molar-refractivity contribution in [1.82, 2.24) is 5.32 Å². The molecule has 0 fully saturated rings. The minimum atomic E-state index is -0.270. The number of amides is 2. The fourth-order valence-corrected chi connectivity index (χ4v) is 2.54. The molecule has 7 heteroatoms. The van der Waals surface area contributed by atoms with E-state index in [-0.39, 0.29) is 16.9 Å². The Hall–Kier alpha value is -2.77. The summed E-state index contributed by atoms with van der Waals surface area (Å²) in [6.45, 7) is 2.55. The summed E-state index contributed by atoms with van der Waals surface area (Å²) >= 11 is 5.18. The Balaban J connectivity index is 1.82. The number of nitrogens with one attached hydrogen (secondary N) is 3. The summed E-state index contributed by atoms with van der Waals surface area (Å²) in [5.41, 5.74) is 8.45. The molecule has 0 atom stereocenters. The highest BCUT2D eigenvalue weighted by molar-refractivity contribution is 7.80. The number of unbranched alkanes of at least 4 members (excludes halogenated alkanes) is 1. The number of nitrogens with two attached hydrogens (primary N) is 1. The van der Waals surface area contributed by atoms with Gasteiger partial charge < -0.3 is 16.4 Å². The molecule has 0 bridgehead atoms. The van der Waals surface area contributed by atoms with Crippen LogP contribution in [0.3, 0.4) is 0 Å². The van der Waals surface area contributed by atoms with Crippen molar-refractivity contribution in [2.24, 2.45) is 5.73 Å². The minimum Gasteiger partial charge on any atom is -0.332 e. The number of rotatable bonds is 7. The summed E-state index contributed by atoms with van der Waals surface area (Å²) in [5.74, 6) is -0.307. The number of aryl methyl sites for hydroxylation is 1. The SMILES string of the molecule is Cc1ccc(C(=O)NC(=S)Nc2ccc(NC(=O)CCCCN)cc2)cc1. The van der Waals surface area contributed by atoms with Crippen LogP contribution < -0.4 is 21.7 Å². The van der Waals surface area contributed by atoms with E-state index in [1.807, 2.05) is 19.1 Å². The molecular weight excluding hydrogens is 360 g/mol. The number of benzene rings is 2. The molecule has 27 heavy (non-hydrogen) atoms. The summed E-state index contributed by atoms with van der Waals surface area (Å²) in [6.07, 6.45) is 2.06. The molecule has 2 rings (SSSR count). The Morgan fingerprint density at radius 1 is 0.926 bits per heavy atom. The van der Waals surface area contributed by atoms with Crippen LogP contribution in [-0.4, -0.2) is 23.5 Å². The molecule has 0 unspecified atom stereocenters. The van der Waals surface area contributed by atoms with E-state index in [1.165, 1.54) is 0 Å². The molecule has 0 radical (unpaired) electrons. The second kappa shape index (κ2) is 10.4. The van der Waals surface area contributed by atoms with Crippen LogP contribution in [0, 0.1) is 6.92 Å². The molecule has 0 aromatic heterocycles. The first-order chi connectivity index (χ1) is 13.0. The van der Waals surface area contributed by atoms with Gasteiger partial charge in [-0.2, -0.15) is 0 Å². The molecule has 0 spiro atoms. The smallest absolute Gasteiger partial charge is 0.257 e. The van der Waals surface area contributed by atoms with Crippen molar-refractivity contribution < 1.29 is 9.59 Å². The predicted molar refractivity (Wildman–Crippen MR) is 113 cm³/mol. The van der Waals surface area contributed by atoms with Gasteiger partial charge in [0.15, 0.2) is 5.11 Å². The van der Waals surface area contributed by atoms with E-state index in [2.05, 4.69) is 16.0 Å². The highest BCUT2D eigenvalue weighted by atomic mass is 32.1. The van der Waals surface area contributed by atoms with Crippen molar-refractivity contribution >= 4 is 40.5 Å². The van der Waals surface area contributed by atoms with Crippen molar-refractivity contribution in [2.75, 3.05) is 17.2 Å². The van der Waals surface area contributed by atoms with Gasteiger partial charge in [0.1, 0.15) is 0 Å². The lowest BCUT2D eigenvalue weighted by molar-refractivity contribution is -0.116. The fourth-order valence-electron chi connectivity index (χ4n) is 2.33. The monoisotopic (exact) mass is 384 g/mol. The van der Waals surface area contributed by atoms with E-state index in [0.29, 0.717) is 29.9 Å². The maximum absolute atomic E-state index is 12.1. The molecular formula is C20H24N4O2S. The average Bonchev–Trinajstić information content (AvgIpc) is 2.64. The summed E-state index contributed by atoms with van der Waals surface area (Å²) < 4.78 is 0. The molecule has 142 valence electrons. The zero-order valence-corrected chi connectivity index (χ0v) is 16.1. The summed E-state index contributed by atoms with van der Waals surface area (Å²) in [6, 6.07) is 14.3. The van der Waals surface area contributed by atoms with Crippen molar-refractivity contribution in [3.8, 4) is 0 Å². The van der Waals surface area contributed by atoms with Crippen LogP contribution in [-0.2, 0) is 4.79 Å². The van der Waals surface area contributed by atoms with Gasteiger partial charge in [-0.1, -0.05) is 17.7 Å². The van der Waals surface area contributed by atoms with Gasteiger partial charge in [-0.3, -0.25) is 14.9 Å². The van der Waals surface area contributed by atoms with Gasteiger partial charge >= 0.3 is 0 Å². The Bertz CT molecular complexity index is 789. The number of carbonyl (C=O) groups is 2. The standard InChI is InChI=1S/C20H24N4O2S/c1-14-5-7-15(8-6-14)19(26)24-20(27)23-17-11-9-16(10-12-17)22-18(25)4-2-3-13-21/h5-12H,2-4,13,21H2,1H3,(H,22,25)(H2,23,24,26,27). The molecule has 5 N–H and O–H groups in total. The van der Waals surface area contributed by atoms with Crippen LogP contribution in [0.4, 0.5) is 11.4 Å². The van der Waals surface area contributed by atoms with Gasteiger partial charge in [0.05, 0.1) is 0 Å². The first-order valence-electron chi connectivity index (χ1n) is 8.77. The maximum atomic E-state index is 12.1. The van der Waals surface area contributed by atoms with E-state index in [0.717, 1.165) is 18.4 Å². The van der Waals surface area contributed by atoms with Gasteiger partial charge in [-0.05, 0) is 74.9 Å². The van der Waals surface area contributed by atoms with E-state index in [4.69, 9.17) is 18.0 Å². The van der Waals surface area contributed by atoms with Gasteiger partial charge in [0, 0.05) is 23.4 Å². The summed E-state index contributed by atoms with van der Waals surface area (Å²) in [7, 11) is 0. The number of thiocarbonyl (C=S) groups is 1. The van der Waals surface area contributed by atoms with Gasteiger partial charge in [-0.15, -0.1) is 0 Å². The number of carbonyl (C=O) groups excluding carboxylic acids is 2. The molecule has 0 aliphatic carbocycles. The highest BCUT2D eigenvalue weighted by Crippen LogP contribution is 2.14. The molecule has 2 aromatic rings. The van der Waals surface area contributed by atoms with Gasteiger partial charge in [0.2, 0.25) is 5.91 Å². The highest BCUT2D eigenvalue weighted by Gasteiger charge is 2.08. The van der Waals surface area contributed by atoms with Crippen molar-refractivity contribution in [3.05, 3.63) is 59.7 Å². The van der Waals surface area contributed by atoms with Crippen LogP contribution in [0.1, 0.15) is 35.2 Å². The van der Waals surface area contributed by atoms with Crippen molar-refractivity contribution in [2.45, 2.75) is 26.2 Å². The Kier molecular flexibility index (Phi) is 7.91. The fraction of sp³-hybridized carbons (Fsp3) is 0.250. The first-order valence-corrected chi connectivity index (χ1v) is 9.18. The zero-order valence-electron chi connectivity index (χ0n) is 15.2. The number of anilines is 2. The molecule has 6 nitrogen and oxygen atoms in total. The number of hydrogen-bond donors (Lipinski definition) is 4. The Morgan fingerprint density at radius 3 is 2.11 bits per heavy atom. The zero-order chi connectivity index (χ0) is 19.6. The molecule has 0 aliphatic rings. The van der Waals surface area contributed by atoms with Crippen LogP contribution in [0.25, 0.3) is 0 Å². The second-order valence-corrected chi connectivity index (χ2v) is 6.55. The lowest BCUT2D eigenvalue weighted by Crippen LogP contribution is -2.34. The van der Waals surface area contributed by atoms with E-state index in [1.54, 1.807) is 36.4 Å². The summed E-state index contributed by atoms with van der Waals surface area (Å²) in [5, 5.41) is 8.63. The van der Waals surface area contributed by atoms with Crippen molar-refractivity contribution in [1.29, 1.82) is 0 Å². The maximum Gasteiger partial charge on any atom is 0.257 e. The molecule has 2 amide bonds. The minimum absolute atomic E-state index is 0.0370. The van der Waals surface area contributed by atoms with E-state index >= 15 is 0 Å². The largest absolute Gasteiger partial charge is 0.332 e. The molecule has 2 aromatic carbocycles. The average molecular weight is 385 g/mol. The normalized spacial score (nSPS) is 10.1. The van der Waals surface area contributed by atoms with Crippen LogP contribution in [0.15, 0.2) is 48.5 Å². The number of hydrogen-bond acceptors (Lipinski definition) is 4. The van der Waals surface area contributed by atoms with Crippen molar-refractivity contribution in [3.63, 3.8) is 0 Å². The molecule has 0 saturated heterocycles. The van der Waals surface area contributed by atoms with E-state index in [9.17, 15) is 9.59 Å². The predicted octanol–water partition coefficient (Wildman–Crippen LogP) is 3.19. The third-order valence-electron chi connectivity index (χ3n) is 3.83. The second-order valence-electron chi connectivity index (χ2n) is 6.15. The Labute approximate surface area is 164 Å². The topological polar surface area (TPSA) is 96.2 Å². The molecule has 0 heterocycles. The lowest BCUT2D eigenvalue weighted by Gasteiger charge is -2.11.